The van der Waals surface area contributed by atoms with E-state index in [0.717, 1.165) is 18.1 Å². The molecular weight excluding hydrogens is 150 g/mol. The molecule has 3 heteroatoms. The predicted molar refractivity (Wildman–Crippen MR) is 49.0 cm³/mol. The summed E-state index contributed by atoms with van der Waals surface area (Å²) in [5, 5.41) is 0. The molecule has 1 aromatic heterocycles. The van der Waals surface area contributed by atoms with Crippen LogP contribution >= 0.6 is 0 Å². The smallest absolute Gasteiger partial charge is 0.126 e. The maximum Gasteiger partial charge on any atom is 0.126 e. The van der Waals surface area contributed by atoms with Crippen LogP contribution in [0.3, 0.4) is 0 Å². The minimum Gasteiger partial charge on any atom is -0.384 e. The van der Waals surface area contributed by atoms with Crippen molar-refractivity contribution < 1.29 is 0 Å². The number of nitrogens with zero attached hydrogens (tertiary/aromatic N) is 2. The third-order valence-corrected chi connectivity index (χ3v) is 2.48. The number of hydrogen-bond donors (Lipinski definition) is 1. The van der Waals surface area contributed by atoms with Gasteiger partial charge in [-0.05, 0) is 26.7 Å². The first-order chi connectivity index (χ1) is 5.74. The molecule has 66 valence electrons. The molecular formula is C9H15N3. The lowest BCUT2D eigenvalue weighted by molar-refractivity contribution is 0.708. The van der Waals surface area contributed by atoms with E-state index in [2.05, 4.69) is 16.5 Å². The molecule has 0 spiro atoms. The summed E-state index contributed by atoms with van der Waals surface area (Å²) in [4.78, 5) is 4.48. The van der Waals surface area contributed by atoms with E-state index >= 15 is 0 Å². The van der Waals surface area contributed by atoms with Crippen molar-refractivity contribution in [2.24, 2.45) is 0 Å². The molecule has 1 aliphatic rings. The Morgan fingerprint density at radius 1 is 1.58 bits per heavy atom. The number of anilines is 1. The second kappa shape index (κ2) is 2.51. The minimum atomic E-state index is 0.695. The zero-order chi connectivity index (χ0) is 8.72. The van der Waals surface area contributed by atoms with Gasteiger partial charge in [0, 0.05) is 12.5 Å². The zero-order valence-electron chi connectivity index (χ0n) is 7.67. The molecule has 1 aromatic rings. The molecule has 1 saturated carbocycles. The average molecular weight is 165 g/mol. The molecule has 12 heavy (non-hydrogen) atoms. The summed E-state index contributed by atoms with van der Waals surface area (Å²) in [5.41, 5.74) is 6.86. The van der Waals surface area contributed by atoms with Crippen LogP contribution in [0.1, 0.15) is 37.2 Å². The van der Waals surface area contributed by atoms with Gasteiger partial charge in [-0.3, -0.25) is 0 Å². The molecule has 1 aliphatic carbocycles. The highest BCUT2D eigenvalue weighted by atomic mass is 15.1. The van der Waals surface area contributed by atoms with Gasteiger partial charge in [0.2, 0.25) is 0 Å². The molecule has 0 atom stereocenters. The first-order valence-electron chi connectivity index (χ1n) is 4.56. The van der Waals surface area contributed by atoms with Gasteiger partial charge in [0.05, 0.1) is 5.69 Å². The van der Waals surface area contributed by atoms with Gasteiger partial charge in [0.1, 0.15) is 11.6 Å². The largest absolute Gasteiger partial charge is 0.384 e. The summed E-state index contributed by atoms with van der Waals surface area (Å²) >= 11 is 0. The summed E-state index contributed by atoms with van der Waals surface area (Å²) in [6.07, 6.45) is 2.58. The average Bonchev–Trinajstić information content (AvgIpc) is 2.82. The molecule has 3 nitrogen and oxygen atoms in total. The van der Waals surface area contributed by atoms with Gasteiger partial charge in [0.25, 0.3) is 0 Å². The van der Waals surface area contributed by atoms with E-state index in [9.17, 15) is 0 Å². The second-order valence-corrected chi connectivity index (χ2v) is 3.46. The number of hydrogen-bond acceptors (Lipinski definition) is 2. The fourth-order valence-corrected chi connectivity index (χ4v) is 1.59. The summed E-state index contributed by atoms with van der Waals surface area (Å²) in [7, 11) is 0. The Morgan fingerprint density at radius 2 is 2.25 bits per heavy atom. The Hall–Kier alpha value is -0.990. The van der Waals surface area contributed by atoms with E-state index in [1.54, 1.807) is 0 Å². The van der Waals surface area contributed by atoms with Crippen LogP contribution in [-0.2, 0) is 6.54 Å². The second-order valence-electron chi connectivity index (χ2n) is 3.46. The predicted octanol–water partition coefficient (Wildman–Crippen LogP) is 1.67. The van der Waals surface area contributed by atoms with Crippen LogP contribution in [-0.4, -0.2) is 9.55 Å². The van der Waals surface area contributed by atoms with Gasteiger partial charge in [-0.1, -0.05) is 0 Å². The van der Waals surface area contributed by atoms with E-state index in [4.69, 9.17) is 5.73 Å². The maximum atomic E-state index is 5.88. The fraction of sp³-hybridized carbons (Fsp3) is 0.667. The van der Waals surface area contributed by atoms with E-state index < -0.39 is 0 Å². The maximum absolute atomic E-state index is 5.88. The summed E-state index contributed by atoms with van der Waals surface area (Å²) in [6.45, 7) is 5.04. The van der Waals surface area contributed by atoms with Crippen molar-refractivity contribution in [3.63, 3.8) is 0 Å². The van der Waals surface area contributed by atoms with Crippen LogP contribution < -0.4 is 5.73 Å². The number of aromatic nitrogens is 2. The van der Waals surface area contributed by atoms with Gasteiger partial charge >= 0.3 is 0 Å². The number of imidazole rings is 1. The highest BCUT2D eigenvalue weighted by molar-refractivity contribution is 5.38. The van der Waals surface area contributed by atoms with E-state index in [1.807, 2.05) is 6.92 Å². The summed E-state index contributed by atoms with van der Waals surface area (Å²) in [6, 6.07) is 0. The standard InChI is InChI=1S/C9H15N3/c1-3-12-8(10)6(2)11-9(12)7-4-5-7/h7H,3-5,10H2,1-2H3. The van der Waals surface area contributed by atoms with Crippen molar-refractivity contribution in [3.8, 4) is 0 Å². The number of nitrogens with two attached hydrogens (primary N) is 1. The van der Waals surface area contributed by atoms with Crippen molar-refractivity contribution in [2.45, 2.75) is 39.2 Å². The van der Waals surface area contributed by atoms with Crippen LogP contribution in [0.15, 0.2) is 0 Å². The first-order valence-corrected chi connectivity index (χ1v) is 4.56. The molecule has 0 aliphatic heterocycles. The Bertz CT molecular complexity index is 297. The molecule has 2 N–H and O–H groups in total. The van der Waals surface area contributed by atoms with Crippen LogP contribution in [0.25, 0.3) is 0 Å². The lowest BCUT2D eigenvalue weighted by Gasteiger charge is -2.04. The van der Waals surface area contributed by atoms with Crippen LogP contribution in [0.5, 0.6) is 0 Å². The number of rotatable bonds is 2. The first kappa shape index (κ1) is 7.65. The highest BCUT2D eigenvalue weighted by Gasteiger charge is 2.29. The molecule has 0 unspecified atom stereocenters. The van der Waals surface area contributed by atoms with E-state index in [1.165, 1.54) is 18.7 Å². The minimum absolute atomic E-state index is 0.695. The molecule has 1 fully saturated rings. The topological polar surface area (TPSA) is 43.8 Å². The zero-order valence-corrected chi connectivity index (χ0v) is 7.67. The van der Waals surface area contributed by atoms with E-state index in [-0.39, 0.29) is 0 Å². The Labute approximate surface area is 72.6 Å². The van der Waals surface area contributed by atoms with Crippen molar-refractivity contribution in [1.82, 2.24) is 9.55 Å². The summed E-state index contributed by atoms with van der Waals surface area (Å²) < 4.78 is 2.13. The van der Waals surface area contributed by atoms with Crippen molar-refractivity contribution in [1.29, 1.82) is 0 Å². The van der Waals surface area contributed by atoms with Gasteiger partial charge in [0.15, 0.2) is 0 Å². The van der Waals surface area contributed by atoms with Crippen LogP contribution in [0.4, 0.5) is 5.82 Å². The number of nitrogen functional groups attached to an aromatic ring is 1. The van der Waals surface area contributed by atoms with Crippen LogP contribution in [0, 0.1) is 6.92 Å². The van der Waals surface area contributed by atoms with Gasteiger partial charge in [-0.15, -0.1) is 0 Å². The molecule has 2 rings (SSSR count). The SMILES string of the molecule is CCn1c(C2CC2)nc(C)c1N. The Balaban J connectivity index is 2.44. The van der Waals surface area contributed by atoms with Gasteiger partial charge in [-0.25, -0.2) is 4.98 Å². The molecule has 0 bridgehead atoms. The Morgan fingerprint density at radius 3 is 2.75 bits per heavy atom. The summed E-state index contributed by atoms with van der Waals surface area (Å²) in [5.74, 6) is 2.74. The third-order valence-electron chi connectivity index (χ3n) is 2.48. The monoisotopic (exact) mass is 165 g/mol. The van der Waals surface area contributed by atoms with Crippen LogP contribution in [0.2, 0.25) is 0 Å². The Kier molecular flexibility index (Phi) is 1.60. The van der Waals surface area contributed by atoms with E-state index in [0.29, 0.717) is 5.92 Å². The normalized spacial score (nSPS) is 16.8. The molecule has 0 radical (unpaired) electrons. The molecule has 0 saturated heterocycles. The molecule has 0 aromatic carbocycles. The highest BCUT2D eigenvalue weighted by Crippen LogP contribution is 2.40. The fourth-order valence-electron chi connectivity index (χ4n) is 1.59. The molecule has 0 amide bonds. The van der Waals surface area contributed by atoms with Gasteiger partial charge in [-0.2, -0.15) is 0 Å². The van der Waals surface area contributed by atoms with Crippen molar-refractivity contribution >= 4 is 5.82 Å². The van der Waals surface area contributed by atoms with Crippen molar-refractivity contribution in [3.05, 3.63) is 11.5 Å². The van der Waals surface area contributed by atoms with Gasteiger partial charge < -0.3 is 10.3 Å². The lowest BCUT2D eigenvalue weighted by Crippen LogP contribution is -2.04. The van der Waals surface area contributed by atoms with Crippen molar-refractivity contribution in [2.75, 3.05) is 5.73 Å². The quantitative estimate of drug-likeness (QED) is 0.724. The molecule has 1 heterocycles. The third kappa shape index (κ3) is 1.00. The number of aryl methyl sites for hydroxylation is 1. The lowest BCUT2D eigenvalue weighted by atomic mass is 10.4.